The molecule has 0 radical (unpaired) electrons. The summed E-state index contributed by atoms with van der Waals surface area (Å²) in [5.74, 6) is 0. The van der Waals surface area contributed by atoms with Crippen molar-refractivity contribution in [1.29, 1.82) is 0 Å². The molecule has 0 spiro atoms. The average molecular weight is 252 g/mol. The standard InChI is InChI=1S/C17H20N2/c1-13-11-16(18)8-9-17(13)19-10-4-7-14-5-2-3-6-15(14)12-19/h2-3,5-6,8-9,11H,4,7,10,12,18H2,1H3. The molecule has 3 rings (SSSR count). The number of fused-ring (bicyclic) bond motifs is 1. The van der Waals surface area contributed by atoms with Crippen molar-refractivity contribution >= 4 is 11.4 Å². The molecule has 1 aliphatic heterocycles. The predicted molar refractivity (Wildman–Crippen MR) is 81.4 cm³/mol. The Bertz CT molecular complexity index is 590. The highest BCUT2D eigenvalue weighted by Crippen LogP contribution is 2.27. The lowest BCUT2D eigenvalue weighted by molar-refractivity contribution is 0.764. The van der Waals surface area contributed by atoms with E-state index in [4.69, 9.17) is 5.73 Å². The number of anilines is 2. The fourth-order valence-corrected chi connectivity index (χ4v) is 2.94. The van der Waals surface area contributed by atoms with Gasteiger partial charge in [0.05, 0.1) is 0 Å². The highest BCUT2D eigenvalue weighted by Gasteiger charge is 2.15. The molecule has 0 amide bonds. The predicted octanol–water partition coefficient (Wildman–Crippen LogP) is 3.53. The smallest absolute Gasteiger partial charge is 0.0432 e. The van der Waals surface area contributed by atoms with Crippen molar-refractivity contribution in [2.45, 2.75) is 26.3 Å². The SMILES string of the molecule is Cc1cc(N)ccc1N1CCCc2ccccc2C1. The number of aryl methyl sites for hydroxylation is 2. The lowest BCUT2D eigenvalue weighted by Gasteiger charge is -2.25. The van der Waals surface area contributed by atoms with Gasteiger partial charge in [-0.1, -0.05) is 24.3 Å². The van der Waals surface area contributed by atoms with Gasteiger partial charge in [0.2, 0.25) is 0 Å². The number of nitrogen functional groups attached to an aromatic ring is 1. The van der Waals surface area contributed by atoms with Crippen LogP contribution in [0.2, 0.25) is 0 Å². The number of nitrogens with zero attached hydrogens (tertiary/aromatic N) is 1. The van der Waals surface area contributed by atoms with Crippen LogP contribution in [0, 0.1) is 6.92 Å². The van der Waals surface area contributed by atoms with Gasteiger partial charge in [0.15, 0.2) is 0 Å². The van der Waals surface area contributed by atoms with Crippen LogP contribution in [0.15, 0.2) is 42.5 Å². The van der Waals surface area contributed by atoms with Crippen LogP contribution in [0.3, 0.4) is 0 Å². The molecule has 2 heteroatoms. The Kier molecular flexibility index (Phi) is 3.16. The van der Waals surface area contributed by atoms with E-state index in [1.54, 1.807) is 0 Å². The zero-order valence-electron chi connectivity index (χ0n) is 11.4. The number of rotatable bonds is 1. The summed E-state index contributed by atoms with van der Waals surface area (Å²) in [6.07, 6.45) is 2.39. The molecule has 2 N–H and O–H groups in total. The highest BCUT2D eigenvalue weighted by molar-refractivity contribution is 5.59. The monoisotopic (exact) mass is 252 g/mol. The van der Waals surface area contributed by atoms with E-state index < -0.39 is 0 Å². The molecule has 0 fully saturated rings. The molecule has 2 aromatic carbocycles. The molecule has 0 saturated carbocycles. The molecule has 0 atom stereocenters. The molecule has 2 nitrogen and oxygen atoms in total. The van der Waals surface area contributed by atoms with Crippen LogP contribution < -0.4 is 10.6 Å². The lowest BCUT2D eigenvalue weighted by Crippen LogP contribution is -2.23. The molecule has 0 aromatic heterocycles. The largest absolute Gasteiger partial charge is 0.399 e. The van der Waals surface area contributed by atoms with E-state index in [1.165, 1.54) is 35.2 Å². The van der Waals surface area contributed by atoms with Crippen molar-refractivity contribution in [2.24, 2.45) is 0 Å². The second kappa shape index (κ2) is 4.96. The molecule has 1 heterocycles. The van der Waals surface area contributed by atoms with Crippen LogP contribution in [0.25, 0.3) is 0 Å². The van der Waals surface area contributed by atoms with Crippen molar-refractivity contribution in [2.75, 3.05) is 17.2 Å². The number of hydrogen-bond donors (Lipinski definition) is 1. The van der Waals surface area contributed by atoms with Crippen LogP contribution in [0.1, 0.15) is 23.1 Å². The van der Waals surface area contributed by atoms with Gasteiger partial charge < -0.3 is 10.6 Å². The highest BCUT2D eigenvalue weighted by atomic mass is 15.1. The lowest BCUT2D eigenvalue weighted by atomic mass is 10.0. The van der Waals surface area contributed by atoms with Gasteiger partial charge in [0.1, 0.15) is 0 Å². The van der Waals surface area contributed by atoms with Crippen molar-refractivity contribution in [3.8, 4) is 0 Å². The Morgan fingerprint density at radius 2 is 1.84 bits per heavy atom. The van der Waals surface area contributed by atoms with Crippen LogP contribution in [-0.4, -0.2) is 6.54 Å². The summed E-state index contributed by atoms with van der Waals surface area (Å²) in [7, 11) is 0. The molecule has 0 aliphatic carbocycles. The summed E-state index contributed by atoms with van der Waals surface area (Å²) < 4.78 is 0. The summed E-state index contributed by atoms with van der Waals surface area (Å²) in [5, 5.41) is 0. The van der Waals surface area contributed by atoms with Crippen LogP contribution in [0.5, 0.6) is 0 Å². The van der Waals surface area contributed by atoms with E-state index in [1.807, 2.05) is 6.07 Å². The van der Waals surface area contributed by atoms with Crippen molar-refractivity contribution < 1.29 is 0 Å². The number of nitrogens with two attached hydrogens (primary N) is 1. The van der Waals surface area contributed by atoms with E-state index in [9.17, 15) is 0 Å². The van der Waals surface area contributed by atoms with E-state index in [0.29, 0.717) is 0 Å². The van der Waals surface area contributed by atoms with Crippen molar-refractivity contribution in [3.05, 3.63) is 59.2 Å². The van der Waals surface area contributed by atoms with Crippen molar-refractivity contribution in [1.82, 2.24) is 0 Å². The molecule has 98 valence electrons. The van der Waals surface area contributed by atoms with Crippen molar-refractivity contribution in [3.63, 3.8) is 0 Å². The topological polar surface area (TPSA) is 29.3 Å². The molecule has 0 unspecified atom stereocenters. The normalized spacial score (nSPS) is 14.9. The van der Waals surface area contributed by atoms with Gasteiger partial charge in [-0.2, -0.15) is 0 Å². The van der Waals surface area contributed by atoms with Gasteiger partial charge in [-0.3, -0.25) is 0 Å². The first kappa shape index (κ1) is 12.1. The first-order valence-corrected chi connectivity index (χ1v) is 6.92. The quantitative estimate of drug-likeness (QED) is 0.787. The Labute approximate surface area is 114 Å². The average Bonchev–Trinajstić information content (AvgIpc) is 2.60. The van der Waals surface area contributed by atoms with Gasteiger partial charge >= 0.3 is 0 Å². The summed E-state index contributed by atoms with van der Waals surface area (Å²) in [5.41, 5.74) is 12.2. The molecule has 2 aromatic rings. The maximum atomic E-state index is 5.85. The Hall–Kier alpha value is -1.96. The fourth-order valence-electron chi connectivity index (χ4n) is 2.94. The van der Waals surface area contributed by atoms with E-state index in [0.717, 1.165) is 18.8 Å². The molecule has 19 heavy (non-hydrogen) atoms. The Morgan fingerprint density at radius 3 is 2.63 bits per heavy atom. The number of benzene rings is 2. The van der Waals surface area contributed by atoms with Gasteiger partial charge in [-0.05, 0) is 54.7 Å². The van der Waals surface area contributed by atoms with Crippen LogP contribution >= 0.6 is 0 Å². The van der Waals surface area contributed by atoms with Gasteiger partial charge in [0, 0.05) is 24.5 Å². The third kappa shape index (κ3) is 2.43. The van der Waals surface area contributed by atoms with Crippen LogP contribution in [0.4, 0.5) is 11.4 Å². The van der Waals surface area contributed by atoms with Crippen LogP contribution in [-0.2, 0) is 13.0 Å². The Morgan fingerprint density at radius 1 is 1.05 bits per heavy atom. The zero-order chi connectivity index (χ0) is 13.2. The van der Waals surface area contributed by atoms with Gasteiger partial charge in [0.25, 0.3) is 0 Å². The molecular formula is C17H20N2. The summed E-state index contributed by atoms with van der Waals surface area (Å²) in [6, 6.07) is 15.0. The molecule has 0 saturated heterocycles. The van der Waals surface area contributed by atoms with Gasteiger partial charge in [-0.25, -0.2) is 0 Å². The first-order chi connectivity index (χ1) is 9.24. The third-order valence-electron chi connectivity index (χ3n) is 3.92. The molecule has 0 bridgehead atoms. The third-order valence-corrected chi connectivity index (χ3v) is 3.92. The van der Waals surface area contributed by atoms with E-state index in [-0.39, 0.29) is 0 Å². The fraction of sp³-hybridized carbons (Fsp3) is 0.294. The molecule has 1 aliphatic rings. The summed E-state index contributed by atoms with van der Waals surface area (Å²) in [4.78, 5) is 2.47. The number of hydrogen-bond acceptors (Lipinski definition) is 2. The summed E-state index contributed by atoms with van der Waals surface area (Å²) in [6.45, 7) is 4.25. The summed E-state index contributed by atoms with van der Waals surface area (Å²) >= 11 is 0. The zero-order valence-corrected chi connectivity index (χ0v) is 11.4. The van der Waals surface area contributed by atoms with Gasteiger partial charge in [-0.15, -0.1) is 0 Å². The first-order valence-electron chi connectivity index (χ1n) is 6.92. The maximum Gasteiger partial charge on any atom is 0.0432 e. The van der Waals surface area contributed by atoms with E-state index >= 15 is 0 Å². The Balaban J connectivity index is 1.94. The second-order valence-corrected chi connectivity index (χ2v) is 5.34. The molecular weight excluding hydrogens is 232 g/mol. The minimum atomic E-state index is 0.844. The maximum absolute atomic E-state index is 5.85. The minimum Gasteiger partial charge on any atom is -0.399 e. The van der Waals surface area contributed by atoms with E-state index in [2.05, 4.69) is 48.2 Å². The minimum absolute atomic E-state index is 0.844. The second-order valence-electron chi connectivity index (χ2n) is 5.34.